The summed E-state index contributed by atoms with van der Waals surface area (Å²) in [6, 6.07) is 0. The molecule has 2 heterocycles. The number of amides is 1. The van der Waals surface area contributed by atoms with Crippen LogP contribution in [0.5, 0.6) is 0 Å². The second kappa shape index (κ2) is 4.34. The maximum Gasteiger partial charge on any atom is 0.282 e. The fourth-order valence-electron chi connectivity index (χ4n) is 1.65. The topological polar surface area (TPSA) is 90.1 Å². The highest BCUT2D eigenvalue weighted by Gasteiger charge is 2.30. The van der Waals surface area contributed by atoms with Gasteiger partial charge in [0.2, 0.25) is 10.1 Å². The smallest absolute Gasteiger partial charge is 0.282 e. The number of nitrogens with one attached hydrogen (secondary N) is 1. The summed E-state index contributed by atoms with van der Waals surface area (Å²) >= 11 is 1.08. The number of carbonyl (C=O) groups is 1. The number of carbonyl (C=O) groups excluding carboxylic acids is 1. The van der Waals surface area contributed by atoms with E-state index >= 15 is 0 Å². The molecule has 1 aliphatic heterocycles. The second-order valence-electron chi connectivity index (χ2n) is 4.03. The van der Waals surface area contributed by atoms with Crippen molar-refractivity contribution in [2.45, 2.75) is 25.4 Å². The first kappa shape index (κ1) is 11.3. The van der Waals surface area contributed by atoms with E-state index < -0.39 is 0 Å². The molecular weight excluding hydrogens is 228 g/mol. The van der Waals surface area contributed by atoms with E-state index in [9.17, 15) is 4.79 Å². The zero-order valence-corrected chi connectivity index (χ0v) is 9.84. The van der Waals surface area contributed by atoms with Crippen LogP contribution in [0.15, 0.2) is 0 Å². The van der Waals surface area contributed by atoms with Crippen molar-refractivity contribution in [1.29, 1.82) is 0 Å². The van der Waals surface area contributed by atoms with Gasteiger partial charge in [-0.05, 0) is 19.8 Å². The first-order valence-electron chi connectivity index (χ1n) is 5.10. The normalized spacial score (nSPS) is 24.6. The average Bonchev–Trinajstić information content (AvgIpc) is 2.85. The fraction of sp³-hybridized carbons (Fsp3) is 0.667. The number of hydrogen-bond acceptors (Lipinski definition) is 6. The Bertz CT molecular complexity index is 387. The van der Waals surface area contributed by atoms with Crippen LogP contribution in [-0.2, 0) is 4.74 Å². The quantitative estimate of drug-likeness (QED) is 0.801. The van der Waals surface area contributed by atoms with Crippen LogP contribution in [0.4, 0.5) is 5.13 Å². The van der Waals surface area contributed by atoms with Crippen molar-refractivity contribution in [2.75, 3.05) is 18.9 Å². The van der Waals surface area contributed by atoms with Crippen LogP contribution in [-0.4, -0.2) is 34.9 Å². The van der Waals surface area contributed by atoms with Crippen LogP contribution >= 0.6 is 11.3 Å². The van der Waals surface area contributed by atoms with Crippen molar-refractivity contribution in [2.24, 2.45) is 0 Å². The predicted octanol–water partition coefficient (Wildman–Crippen LogP) is 0.419. The Hall–Kier alpha value is -1.21. The highest BCUT2D eigenvalue weighted by Crippen LogP contribution is 2.24. The van der Waals surface area contributed by atoms with Gasteiger partial charge in [-0.1, -0.05) is 11.3 Å². The molecular formula is C9H14N4O2S. The maximum atomic E-state index is 11.6. The lowest BCUT2D eigenvalue weighted by Gasteiger charge is -2.22. The molecule has 0 radical (unpaired) electrons. The van der Waals surface area contributed by atoms with Gasteiger partial charge >= 0.3 is 0 Å². The van der Waals surface area contributed by atoms with E-state index in [0.29, 0.717) is 16.7 Å². The third-order valence-corrected chi connectivity index (χ3v) is 3.31. The van der Waals surface area contributed by atoms with E-state index in [4.69, 9.17) is 10.5 Å². The van der Waals surface area contributed by atoms with E-state index in [2.05, 4.69) is 15.5 Å². The van der Waals surface area contributed by atoms with E-state index in [1.54, 1.807) is 0 Å². The minimum Gasteiger partial charge on any atom is -0.374 e. The predicted molar refractivity (Wildman–Crippen MR) is 60.2 cm³/mol. The molecule has 0 aromatic carbocycles. The number of rotatable bonds is 3. The number of ether oxygens (including phenoxy) is 1. The molecule has 1 atom stereocenters. The van der Waals surface area contributed by atoms with Gasteiger partial charge in [0.05, 0.1) is 5.60 Å². The Morgan fingerprint density at radius 3 is 3.06 bits per heavy atom. The average molecular weight is 242 g/mol. The van der Waals surface area contributed by atoms with Gasteiger partial charge in [0.25, 0.3) is 5.91 Å². The molecule has 3 N–H and O–H groups in total. The Labute approximate surface area is 97.2 Å². The van der Waals surface area contributed by atoms with E-state index in [1.165, 1.54) is 0 Å². The van der Waals surface area contributed by atoms with Crippen LogP contribution < -0.4 is 11.1 Å². The van der Waals surface area contributed by atoms with Crippen LogP contribution in [0.3, 0.4) is 0 Å². The van der Waals surface area contributed by atoms with Gasteiger partial charge in [-0.2, -0.15) is 0 Å². The molecule has 1 aromatic heterocycles. The Balaban J connectivity index is 1.88. The summed E-state index contributed by atoms with van der Waals surface area (Å²) < 4.78 is 5.56. The summed E-state index contributed by atoms with van der Waals surface area (Å²) in [6.07, 6.45) is 2.00. The minimum atomic E-state index is -0.245. The van der Waals surface area contributed by atoms with Gasteiger partial charge in [-0.25, -0.2) is 0 Å². The highest BCUT2D eigenvalue weighted by atomic mass is 32.1. The number of hydrogen-bond donors (Lipinski definition) is 2. The Morgan fingerprint density at radius 1 is 1.69 bits per heavy atom. The van der Waals surface area contributed by atoms with E-state index in [-0.39, 0.29) is 11.5 Å². The number of nitrogen functional groups attached to an aromatic ring is 1. The lowest BCUT2D eigenvalue weighted by atomic mass is 10.0. The molecule has 1 aromatic rings. The molecule has 0 saturated carbocycles. The van der Waals surface area contributed by atoms with Crippen molar-refractivity contribution in [3.63, 3.8) is 0 Å². The van der Waals surface area contributed by atoms with Crippen LogP contribution in [0.2, 0.25) is 0 Å². The zero-order valence-electron chi connectivity index (χ0n) is 9.02. The van der Waals surface area contributed by atoms with Gasteiger partial charge in [0, 0.05) is 13.2 Å². The zero-order chi connectivity index (χ0) is 11.6. The van der Waals surface area contributed by atoms with E-state index in [1.807, 2.05) is 6.92 Å². The van der Waals surface area contributed by atoms with Gasteiger partial charge < -0.3 is 15.8 Å². The second-order valence-corrected chi connectivity index (χ2v) is 5.04. The number of nitrogens with zero attached hydrogens (tertiary/aromatic N) is 2. The summed E-state index contributed by atoms with van der Waals surface area (Å²) in [5, 5.41) is 10.6. The van der Waals surface area contributed by atoms with Crippen molar-refractivity contribution in [3.05, 3.63) is 5.01 Å². The molecule has 1 fully saturated rings. The molecule has 0 spiro atoms. The molecule has 1 aliphatic rings. The molecule has 1 amide bonds. The molecule has 6 nitrogen and oxygen atoms in total. The van der Waals surface area contributed by atoms with Gasteiger partial charge in [-0.3, -0.25) is 4.79 Å². The molecule has 0 bridgehead atoms. The van der Waals surface area contributed by atoms with Crippen molar-refractivity contribution in [1.82, 2.24) is 15.5 Å². The molecule has 1 saturated heterocycles. The maximum absolute atomic E-state index is 11.6. The van der Waals surface area contributed by atoms with Crippen molar-refractivity contribution in [3.8, 4) is 0 Å². The Kier molecular flexibility index (Phi) is 3.06. The molecule has 16 heavy (non-hydrogen) atoms. The number of aromatic nitrogens is 2. The van der Waals surface area contributed by atoms with Gasteiger partial charge in [0.15, 0.2) is 0 Å². The van der Waals surface area contributed by atoms with Crippen molar-refractivity contribution < 1.29 is 9.53 Å². The van der Waals surface area contributed by atoms with Crippen LogP contribution in [0.25, 0.3) is 0 Å². The summed E-state index contributed by atoms with van der Waals surface area (Å²) in [6.45, 7) is 3.25. The lowest BCUT2D eigenvalue weighted by molar-refractivity contribution is 0.0206. The summed E-state index contributed by atoms with van der Waals surface area (Å²) in [5.74, 6) is -0.245. The largest absolute Gasteiger partial charge is 0.374 e. The molecule has 1 unspecified atom stereocenters. The fourth-order valence-corrected chi connectivity index (χ4v) is 2.17. The highest BCUT2D eigenvalue weighted by molar-refractivity contribution is 7.16. The van der Waals surface area contributed by atoms with E-state index in [0.717, 1.165) is 30.8 Å². The molecule has 88 valence electrons. The first-order valence-corrected chi connectivity index (χ1v) is 5.92. The van der Waals surface area contributed by atoms with Gasteiger partial charge in [-0.15, -0.1) is 10.2 Å². The summed E-state index contributed by atoms with van der Waals surface area (Å²) in [4.78, 5) is 11.6. The third-order valence-electron chi connectivity index (χ3n) is 2.56. The summed E-state index contributed by atoms with van der Waals surface area (Å²) in [5.41, 5.74) is 5.16. The molecule has 0 aliphatic carbocycles. The minimum absolute atomic E-state index is 0.244. The summed E-state index contributed by atoms with van der Waals surface area (Å²) in [7, 11) is 0. The van der Waals surface area contributed by atoms with Crippen LogP contribution in [0.1, 0.15) is 29.6 Å². The first-order chi connectivity index (χ1) is 7.59. The third kappa shape index (κ3) is 2.48. The SMILES string of the molecule is CC1(CNC(=O)c2nnc(N)s2)CCCO1. The number of nitrogens with two attached hydrogens (primary N) is 1. The van der Waals surface area contributed by atoms with Crippen molar-refractivity contribution >= 4 is 22.4 Å². The standard InChI is InChI=1S/C9H14N4O2S/c1-9(3-2-4-15-9)5-11-6(14)7-12-13-8(10)16-7/h2-5H2,1H3,(H2,10,13)(H,11,14). The monoisotopic (exact) mass is 242 g/mol. The van der Waals surface area contributed by atoms with Gasteiger partial charge in [0.1, 0.15) is 0 Å². The lowest BCUT2D eigenvalue weighted by Crippen LogP contribution is -2.40. The number of anilines is 1. The Morgan fingerprint density at radius 2 is 2.50 bits per heavy atom. The van der Waals surface area contributed by atoms with Crippen LogP contribution in [0, 0.1) is 0 Å². The molecule has 7 heteroatoms. The molecule has 2 rings (SSSR count).